The van der Waals surface area contributed by atoms with E-state index in [1.54, 1.807) is 18.0 Å². The summed E-state index contributed by atoms with van der Waals surface area (Å²) in [5.41, 5.74) is 1.46. The molecule has 2 rings (SSSR count). The van der Waals surface area contributed by atoms with E-state index in [0.717, 1.165) is 5.56 Å². The maximum atomic E-state index is 12.0. The molecule has 1 aromatic carbocycles. The third-order valence-corrected chi connectivity index (χ3v) is 3.52. The lowest BCUT2D eigenvalue weighted by molar-refractivity contribution is 0.0692. The van der Waals surface area contributed by atoms with E-state index in [1.807, 2.05) is 24.3 Å². The third-order valence-electron chi connectivity index (χ3n) is 3.15. The molecule has 0 aliphatic rings. The third kappa shape index (κ3) is 5.67. The molecule has 0 radical (unpaired) electrons. The van der Waals surface area contributed by atoms with Crippen LogP contribution in [0, 0.1) is 0 Å². The van der Waals surface area contributed by atoms with Crippen molar-refractivity contribution in [3.8, 4) is 0 Å². The van der Waals surface area contributed by atoms with E-state index in [9.17, 15) is 4.79 Å². The number of benzene rings is 1. The van der Waals surface area contributed by atoms with Crippen LogP contribution in [0.4, 0.5) is 0 Å². The van der Waals surface area contributed by atoms with Crippen molar-refractivity contribution in [2.45, 2.75) is 6.54 Å². The first-order valence-electron chi connectivity index (χ1n) is 7.31. The molecule has 124 valence electrons. The molecule has 1 aromatic heterocycles. The molecule has 0 spiro atoms. The van der Waals surface area contributed by atoms with Crippen LogP contribution >= 0.6 is 11.6 Å². The number of nitrogens with zero attached hydrogens (tertiary/aromatic N) is 2. The van der Waals surface area contributed by atoms with Gasteiger partial charge in [0.1, 0.15) is 0 Å². The van der Waals surface area contributed by atoms with E-state index in [-0.39, 0.29) is 5.91 Å². The summed E-state index contributed by atoms with van der Waals surface area (Å²) >= 11 is 6.12. The lowest BCUT2D eigenvalue weighted by atomic mass is 10.2. The molecular weight excluding hydrogens is 318 g/mol. The van der Waals surface area contributed by atoms with E-state index in [2.05, 4.69) is 10.4 Å². The number of carbonyl (C=O) groups is 1. The highest BCUT2D eigenvalue weighted by atomic mass is 35.5. The van der Waals surface area contributed by atoms with Crippen molar-refractivity contribution in [3.05, 3.63) is 52.8 Å². The second-order valence-corrected chi connectivity index (χ2v) is 5.29. The largest absolute Gasteiger partial charge is 0.382 e. The first-order chi connectivity index (χ1) is 11.2. The van der Waals surface area contributed by atoms with Crippen LogP contribution in [0.1, 0.15) is 15.9 Å². The monoisotopic (exact) mass is 337 g/mol. The van der Waals surface area contributed by atoms with Gasteiger partial charge in [0.15, 0.2) is 0 Å². The minimum Gasteiger partial charge on any atom is -0.382 e. The smallest absolute Gasteiger partial charge is 0.254 e. The summed E-state index contributed by atoms with van der Waals surface area (Å²) in [5.74, 6) is -0.175. The van der Waals surface area contributed by atoms with Crippen LogP contribution in [0.5, 0.6) is 0 Å². The molecular formula is C16H20ClN3O3. The number of amides is 1. The Morgan fingerprint density at radius 1 is 1.30 bits per heavy atom. The summed E-state index contributed by atoms with van der Waals surface area (Å²) in [5, 5.41) is 7.65. The van der Waals surface area contributed by atoms with Gasteiger partial charge in [-0.15, -0.1) is 0 Å². The predicted molar refractivity (Wildman–Crippen MR) is 87.8 cm³/mol. The number of nitrogens with one attached hydrogen (secondary N) is 1. The highest BCUT2D eigenvalue weighted by molar-refractivity contribution is 6.31. The molecule has 7 heteroatoms. The molecule has 0 aliphatic heterocycles. The Balaban J connectivity index is 1.79. The number of carbonyl (C=O) groups excluding carboxylic acids is 1. The highest BCUT2D eigenvalue weighted by Crippen LogP contribution is 2.16. The Morgan fingerprint density at radius 2 is 2.13 bits per heavy atom. The van der Waals surface area contributed by atoms with Gasteiger partial charge in [-0.25, -0.2) is 0 Å². The van der Waals surface area contributed by atoms with Gasteiger partial charge in [0.05, 0.1) is 38.1 Å². The predicted octanol–water partition coefficient (Wildman–Crippen LogP) is 1.98. The molecule has 23 heavy (non-hydrogen) atoms. The number of hydrogen-bond acceptors (Lipinski definition) is 4. The first kappa shape index (κ1) is 17.5. The zero-order valence-corrected chi connectivity index (χ0v) is 13.8. The quantitative estimate of drug-likeness (QED) is 0.711. The van der Waals surface area contributed by atoms with E-state index in [1.165, 1.54) is 6.20 Å². The van der Waals surface area contributed by atoms with E-state index >= 15 is 0 Å². The lowest BCUT2D eigenvalue weighted by Gasteiger charge is -2.05. The van der Waals surface area contributed by atoms with E-state index < -0.39 is 0 Å². The molecule has 1 amide bonds. The molecule has 2 aromatic rings. The maximum Gasteiger partial charge on any atom is 0.254 e. The summed E-state index contributed by atoms with van der Waals surface area (Å²) in [4.78, 5) is 12.0. The zero-order chi connectivity index (χ0) is 16.5. The van der Waals surface area contributed by atoms with Crippen LogP contribution < -0.4 is 5.32 Å². The molecule has 0 atom stereocenters. The minimum atomic E-state index is -0.175. The summed E-state index contributed by atoms with van der Waals surface area (Å²) in [7, 11) is 1.62. The van der Waals surface area contributed by atoms with Gasteiger partial charge in [0.2, 0.25) is 0 Å². The molecule has 1 N–H and O–H groups in total. The molecule has 0 saturated carbocycles. The molecule has 1 heterocycles. The SMILES string of the molecule is COCCOCCNC(=O)c1cnn(Cc2ccccc2Cl)c1. The molecule has 0 saturated heterocycles. The van der Waals surface area contributed by atoms with Crippen molar-refractivity contribution in [1.29, 1.82) is 0 Å². The average Bonchev–Trinajstić information content (AvgIpc) is 3.01. The topological polar surface area (TPSA) is 65.4 Å². The molecule has 0 unspecified atom stereocenters. The standard InChI is InChI=1S/C16H20ClN3O3/c1-22-8-9-23-7-6-18-16(21)14-10-19-20(12-14)11-13-4-2-3-5-15(13)17/h2-5,10,12H,6-9,11H2,1H3,(H,18,21). The average molecular weight is 338 g/mol. The first-order valence-corrected chi connectivity index (χ1v) is 7.69. The van der Waals surface area contributed by atoms with Crippen molar-refractivity contribution in [2.75, 3.05) is 33.5 Å². The highest BCUT2D eigenvalue weighted by Gasteiger charge is 2.09. The van der Waals surface area contributed by atoms with Crippen LogP contribution in [0.15, 0.2) is 36.7 Å². The lowest BCUT2D eigenvalue weighted by Crippen LogP contribution is -2.27. The van der Waals surface area contributed by atoms with E-state index in [0.29, 0.717) is 43.5 Å². The number of aromatic nitrogens is 2. The number of ether oxygens (including phenoxy) is 2. The molecule has 6 nitrogen and oxygen atoms in total. The number of rotatable bonds is 9. The van der Waals surface area contributed by atoms with Crippen LogP contribution in [0.3, 0.4) is 0 Å². The minimum absolute atomic E-state index is 0.175. The van der Waals surface area contributed by atoms with Gasteiger partial charge >= 0.3 is 0 Å². The summed E-state index contributed by atoms with van der Waals surface area (Å²) in [6.07, 6.45) is 3.24. The summed E-state index contributed by atoms with van der Waals surface area (Å²) in [6.45, 7) is 2.47. The normalized spacial score (nSPS) is 10.7. The van der Waals surface area contributed by atoms with Gasteiger partial charge in [0, 0.05) is 24.9 Å². The maximum absolute atomic E-state index is 12.0. The Labute approximate surface area is 140 Å². The van der Waals surface area contributed by atoms with Gasteiger partial charge in [-0.3, -0.25) is 9.48 Å². The van der Waals surface area contributed by atoms with E-state index in [4.69, 9.17) is 21.1 Å². The summed E-state index contributed by atoms with van der Waals surface area (Å²) < 4.78 is 11.8. The summed E-state index contributed by atoms with van der Waals surface area (Å²) in [6, 6.07) is 7.56. The fraction of sp³-hybridized carbons (Fsp3) is 0.375. The van der Waals surface area contributed by atoms with Gasteiger partial charge in [-0.05, 0) is 11.6 Å². The zero-order valence-electron chi connectivity index (χ0n) is 13.0. The van der Waals surface area contributed by atoms with Gasteiger partial charge in [-0.2, -0.15) is 5.10 Å². The molecule has 0 bridgehead atoms. The number of hydrogen-bond donors (Lipinski definition) is 1. The van der Waals surface area contributed by atoms with Crippen molar-refractivity contribution < 1.29 is 14.3 Å². The van der Waals surface area contributed by atoms with Crippen molar-refractivity contribution in [2.24, 2.45) is 0 Å². The van der Waals surface area contributed by atoms with Crippen LogP contribution in [-0.2, 0) is 16.0 Å². The van der Waals surface area contributed by atoms with Crippen LogP contribution in [0.25, 0.3) is 0 Å². The van der Waals surface area contributed by atoms with Crippen molar-refractivity contribution in [1.82, 2.24) is 15.1 Å². The van der Waals surface area contributed by atoms with Gasteiger partial charge in [-0.1, -0.05) is 29.8 Å². The fourth-order valence-electron chi connectivity index (χ4n) is 1.95. The Morgan fingerprint density at radius 3 is 2.91 bits per heavy atom. The van der Waals surface area contributed by atoms with Crippen LogP contribution in [-0.4, -0.2) is 49.2 Å². The fourth-order valence-corrected chi connectivity index (χ4v) is 2.15. The molecule has 0 aliphatic carbocycles. The van der Waals surface area contributed by atoms with Crippen molar-refractivity contribution >= 4 is 17.5 Å². The Hall–Kier alpha value is -1.89. The van der Waals surface area contributed by atoms with Crippen molar-refractivity contribution in [3.63, 3.8) is 0 Å². The molecule has 0 fully saturated rings. The Bertz CT molecular complexity index is 631. The number of methoxy groups -OCH3 is 1. The second kappa shape index (κ2) is 9.29. The van der Waals surface area contributed by atoms with Crippen LogP contribution in [0.2, 0.25) is 5.02 Å². The second-order valence-electron chi connectivity index (χ2n) is 4.88. The van der Waals surface area contributed by atoms with Gasteiger partial charge < -0.3 is 14.8 Å². The number of halogens is 1. The Kier molecular flexibility index (Phi) is 7.06. The van der Waals surface area contributed by atoms with Gasteiger partial charge in [0.25, 0.3) is 5.91 Å².